The van der Waals surface area contributed by atoms with Crippen LogP contribution in [-0.2, 0) is 6.54 Å². The number of aromatic amines is 1. The third kappa shape index (κ3) is 3.33. The van der Waals surface area contributed by atoms with Crippen molar-refractivity contribution in [2.24, 2.45) is 0 Å². The Hall–Kier alpha value is -2.21. The Balaban J connectivity index is 1.91. The molecule has 6 nitrogen and oxygen atoms in total. The molecule has 3 rings (SSSR count). The van der Waals surface area contributed by atoms with Gasteiger partial charge in [0.05, 0.1) is 32.9 Å². The van der Waals surface area contributed by atoms with Crippen molar-refractivity contribution in [2.45, 2.75) is 31.8 Å². The summed E-state index contributed by atoms with van der Waals surface area (Å²) in [6, 6.07) is 4.11. The van der Waals surface area contributed by atoms with Crippen LogP contribution in [0.25, 0.3) is 0 Å². The van der Waals surface area contributed by atoms with Gasteiger partial charge < -0.3 is 19.2 Å². The molecule has 24 heavy (non-hydrogen) atoms. The predicted octanol–water partition coefficient (Wildman–Crippen LogP) is 3.16. The van der Waals surface area contributed by atoms with E-state index in [4.69, 9.17) is 14.2 Å². The summed E-state index contributed by atoms with van der Waals surface area (Å²) >= 11 is 0. The van der Waals surface area contributed by atoms with Gasteiger partial charge in [-0.2, -0.15) is 0 Å². The van der Waals surface area contributed by atoms with Crippen LogP contribution in [0.15, 0.2) is 24.5 Å². The maximum atomic E-state index is 5.59. The predicted molar refractivity (Wildman–Crippen MR) is 91.7 cm³/mol. The maximum Gasteiger partial charge on any atom is 0.130 e. The number of ether oxygens (including phenoxy) is 3. The van der Waals surface area contributed by atoms with Crippen LogP contribution in [0.2, 0.25) is 0 Å². The highest BCUT2D eigenvalue weighted by atomic mass is 16.5. The fourth-order valence-electron chi connectivity index (χ4n) is 3.39. The van der Waals surface area contributed by atoms with Gasteiger partial charge in [-0.15, -0.1) is 0 Å². The fourth-order valence-corrected chi connectivity index (χ4v) is 3.39. The average molecular weight is 331 g/mol. The number of imidazole rings is 1. The molecule has 1 aromatic carbocycles. The average Bonchev–Trinajstić information content (AvgIpc) is 3.16. The van der Waals surface area contributed by atoms with Gasteiger partial charge in [-0.1, -0.05) is 6.42 Å². The highest BCUT2D eigenvalue weighted by Gasteiger charge is 2.28. The number of H-pyrrole nitrogens is 1. The molecule has 1 aliphatic heterocycles. The molecule has 1 saturated heterocycles. The van der Waals surface area contributed by atoms with Crippen LogP contribution >= 0.6 is 0 Å². The summed E-state index contributed by atoms with van der Waals surface area (Å²) in [5, 5.41) is 0. The van der Waals surface area contributed by atoms with E-state index in [1.165, 1.54) is 12.8 Å². The molecule has 1 fully saturated rings. The van der Waals surface area contributed by atoms with Crippen molar-refractivity contribution < 1.29 is 14.2 Å². The summed E-state index contributed by atoms with van der Waals surface area (Å²) in [4.78, 5) is 10.2. The van der Waals surface area contributed by atoms with E-state index in [-0.39, 0.29) is 0 Å². The van der Waals surface area contributed by atoms with Gasteiger partial charge in [0.1, 0.15) is 23.1 Å². The molecular weight excluding hydrogens is 306 g/mol. The molecule has 2 heterocycles. The number of hydrogen-bond donors (Lipinski definition) is 1. The molecule has 0 aliphatic carbocycles. The molecule has 0 spiro atoms. The summed E-state index contributed by atoms with van der Waals surface area (Å²) in [5.74, 6) is 3.33. The summed E-state index contributed by atoms with van der Waals surface area (Å²) < 4.78 is 16.5. The third-order valence-electron chi connectivity index (χ3n) is 4.63. The largest absolute Gasteiger partial charge is 0.496 e. The van der Waals surface area contributed by atoms with Crippen molar-refractivity contribution in [2.75, 3.05) is 27.9 Å². The quantitative estimate of drug-likeness (QED) is 0.881. The Morgan fingerprint density at radius 2 is 1.88 bits per heavy atom. The van der Waals surface area contributed by atoms with Gasteiger partial charge in [0.2, 0.25) is 0 Å². The van der Waals surface area contributed by atoms with Crippen LogP contribution in [0, 0.1) is 0 Å². The minimum Gasteiger partial charge on any atom is -0.496 e. The van der Waals surface area contributed by atoms with E-state index in [1.54, 1.807) is 21.3 Å². The lowest BCUT2D eigenvalue weighted by molar-refractivity contribution is 0.131. The van der Waals surface area contributed by atoms with Crippen LogP contribution in [-0.4, -0.2) is 42.7 Å². The van der Waals surface area contributed by atoms with Crippen molar-refractivity contribution in [3.05, 3.63) is 35.9 Å². The normalized spacial score (nSPS) is 18.4. The highest BCUT2D eigenvalue weighted by Crippen LogP contribution is 2.38. The van der Waals surface area contributed by atoms with E-state index in [9.17, 15) is 0 Å². The number of aromatic nitrogens is 2. The Morgan fingerprint density at radius 1 is 1.12 bits per heavy atom. The number of piperidine rings is 1. The number of likely N-dealkylation sites (tertiary alicyclic amines) is 1. The molecule has 6 heteroatoms. The summed E-state index contributed by atoms with van der Waals surface area (Å²) in [6.45, 7) is 1.78. The maximum absolute atomic E-state index is 5.59. The standard InChI is InChI=1S/C18H25N3O3/c1-22-13-10-16(23-2)14(17(11-13)24-3)12-21-9-5-4-6-15(21)18-19-7-8-20-18/h7-8,10-11,15H,4-6,9,12H2,1-3H3,(H,19,20)/t15-/m1/s1. The molecule has 0 radical (unpaired) electrons. The minimum atomic E-state index is 0.297. The Morgan fingerprint density at radius 3 is 2.46 bits per heavy atom. The first-order valence-electron chi connectivity index (χ1n) is 8.29. The number of hydrogen-bond acceptors (Lipinski definition) is 5. The molecule has 2 aromatic rings. The topological polar surface area (TPSA) is 59.6 Å². The molecule has 1 N–H and O–H groups in total. The lowest BCUT2D eigenvalue weighted by Gasteiger charge is -2.35. The summed E-state index contributed by atoms with van der Waals surface area (Å²) in [6.07, 6.45) is 7.22. The number of methoxy groups -OCH3 is 3. The lowest BCUT2D eigenvalue weighted by atomic mass is 10.00. The number of rotatable bonds is 6. The second kappa shape index (κ2) is 7.57. The van der Waals surface area contributed by atoms with Gasteiger partial charge in [0.25, 0.3) is 0 Å². The second-order valence-electron chi connectivity index (χ2n) is 5.97. The molecule has 1 atom stereocenters. The van der Waals surface area contributed by atoms with Gasteiger partial charge in [0, 0.05) is 31.1 Å². The highest BCUT2D eigenvalue weighted by molar-refractivity contribution is 5.50. The van der Waals surface area contributed by atoms with Crippen LogP contribution in [0.4, 0.5) is 0 Å². The first kappa shape index (κ1) is 16.6. The molecule has 1 aromatic heterocycles. The van der Waals surface area contributed by atoms with Crippen LogP contribution in [0.5, 0.6) is 17.2 Å². The van der Waals surface area contributed by atoms with Gasteiger partial charge in [-0.25, -0.2) is 4.98 Å². The molecule has 0 amide bonds. The lowest BCUT2D eigenvalue weighted by Crippen LogP contribution is -2.33. The molecule has 1 aliphatic rings. The first-order valence-corrected chi connectivity index (χ1v) is 8.29. The van der Waals surface area contributed by atoms with Crippen molar-refractivity contribution in [1.82, 2.24) is 14.9 Å². The van der Waals surface area contributed by atoms with Crippen molar-refractivity contribution in [3.63, 3.8) is 0 Å². The molecule has 0 unspecified atom stereocenters. The van der Waals surface area contributed by atoms with E-state index < -0.39 is 0 Å². The third-order valence-corrected chi connectivity index (χ3v) is 4.63. The van der Waals surface area contributed by atoms with Crippen LogP contribution in [0.1, 0.15) is 36.7 Å². The molecular formula is C18H25N3O3. The zero-order valence-corrected chi connectivity index (χ0v) is 14.5. The zero-order chi connectivity index (χ0) is 16.9. The van der Waals surface area contributed by atoms with E-state index in [1.807, 2.05) is 24.5 Å². The second-order valence-corrected chi connectivity index (χ2v) is 5.97. The molecule has 0 bridgehead atoms. The number of benzene rings is 1. The van der Waals surface area contributed by atoms with Crippen LogP contribution in [0.3, 0.4) is 0 Å². The first-order chi connectivity index (χ1) is 11.8. The van der Waals surface area contributed by atoms with Crippen molar-refractivity contribution in [1.29, 1.82) is 0 Å². The van der Waals surface area contributed by atoms with Crippen molar-refractivity contribution in [3.8, 4) is 17.2 Å². The smallest absolute Gasteiger partial charge is 0.130 e. The molecule has 130 valence electrons. The minimum absolute atomic E-state index is 0.297. The van der Waals surface area contributed by atoms with Gasteiger partial charge >= 0.3 is 0 Å². The SMILES string of the molecule is COc1cc(OC)c(CN2CCCC[C@@H]2c2ncc[nH]2)c(OC)c1. The van der Waals surface area contributed by atoms with E-state index in [0.717, 1.165) is 48.1 Å². The van der Waals surface area contributed by atoms with Crippen LogP contribution < -0.4 is 14.2 Å². The van der Waals surface area contributed by atoms with Gasteiger partial charge in [-0.3, -0.25) is 4.90 Å². The Kier molecular flexibility index (Phi) is 5.25. The van der Waals surface area contributed by atoms with E-state index >= 15 is 0 Å². The van der Waals surface area contributed by atoms with E-state index in [0.29, 0.717) is 6.04 Å². The zero-order valence-electron chi connectivity index (χ0n) is 14.5. The van der Waals surface area contributed by atoms with Gasteiger partial charge in [-0.05, 0) is 19.4 Å². The van der Waals surface area contributed by atoms with E-state index in [2.05, 4.69) is 14.9 Å². The number of nitrogens with one attached hydrogen (secondary N) is 1. The number of nitrogens with zero attached hydrogens (tertiary/aromatic N) is 2. The fraction of sp³-hybridized carbons (Fsp3) is 0.500. The summed E-state index contributed by atoms with van der Waals surface area (Å²) in [7, 11) is 5.00. The van der Waals surface area contributed by atoms with Crippen molar-refractivity contribution >= 4 is 0 Å². The Bertz CT molecular complexity index is 633. The monoisotopic (exact) mass is 331 g/mol. The van der Waals surface area contributed by atoms with Gasteiger partial charge in [0.15, 0.2) is 0 Å². The summed E-state index contributed by atoms with van der Waals surface area (Å²) in [5.41, 5.74) is 1.04. The molecule has 0 saturated carbocycles. The Labute approximate surface area is 142 Å².